The number of hydrogen-bond acceptors (Lipinski definition) is 4. The van der Waals surface area contributed by atoms with Gasteiger partial charge in [0.15, 0.2) is 3.95 Å². The first kappa shape index (κ1) is 14.6. The van der Waals surface area contributed by atoms with Gasteiger partial charge >= 0.3 is 0 Å². The highest BCUT2D eigenvalue weighted by Gasteiger charge is 2.10. The standard InChI is InChI=1S/C14H15N3OS2/c1-9(12-10(2)17(3)14(19)20-12)15-16-13(18)11-7-5-4-6-8-11/h4-8H,1-3H3,(H,16,18). The third-order valence-corrected chi connectivity index (χ3v) is 4.75. The van der Waals surface area contributed by atoms with Gasteiger partial charge < -0.3 is 4.57 Å². The summed E-state index contributed by atoms with van der Waals surface area (Å²) in [5.41, 5.74) is 4.95. The molecule has 4 nitrogen and oxygen atoms in total. The van der Waals surface area contributed by atoms with E-state index >= 15 is 0 Å². The summed E-state index contributed by atoms with van der Waals surface area (Å²) in [6.07, 6.45) is 0. The molecule has 20 heavy (non-hydrogen) atoms. The topological polar surface area (TPSA) is 46.4 Å². The smallest absolute Gasteiger partial charge is 0.271 e. The van der Waals surface area contributed by atoms with Crippen LogP contribution in [-0.4, -0.2) is 16.2 Å². The van der Waals surface area contributed by atoms with Crippen molar-refractivity contribution in [1.82, 2.24) is 9.99 Å². The summed E-state index contributed by atoms with van der Waals surface area (Å²) in [4.78, 5) is 12.9. The molecule has 0 radical (unpaired) electrons. The Kier molecular flexibility index (Phi) is 4.46. The third kappa shape index (κ3) is 3.02. The Hall–Kier alpha value is -1.79. The van der Waals surface area contributed by atoms with Crippen molar-refractivity contribution in [2.24, 2.45) is 12.1 Å². The summed E-state index contributed by atoms with van der Waals surface area (Å²) < 4.78 is 2.73. The van der Waals surface area contributed by atoms with Crippen LogP contribution >= 0.6 is 23.6 Å². The van der Waals surface area contributed by atoms with Crippen LogP contribution < -0.4 is 5.43 Å². The number of aromatic nitrogens is 1. The van der Waals surface area contributed by atoms with Crippen LogP contribution in [0.4, 0.5) is 0 Å². The number of carbonyl (C=O) groups is 1. The van der Waals surface area contributed by atoms with Gasteiger partial charge in [-0.25, -0.2) is 5.43 Å². The lowest BCUT2D eigenvalue weighted by atomic mass is 10.2. The summed E-state index contributed by atoms with van der Waals surface area (Å²) in [5.74, 6) is -0.220. The molecule has 0 bridgehead atoms. The van der Waals surface area contributed by atoms with E-state index in [2.05, 4.69) is 10.5 Å². The first-order valence-electron chi connectivity index (χ1n) is 6.07. The van der Waals surface area contributed by atoms with Gasteiger partial charge in [-0.15, -0.1) is 11.3 Å². The van der Waals surface area contributed by atoms with Gasteiger partial charge in [-0.1, -0.05) is 18.2 Å². The molecule has 1 amide bonds. The first-order valence-corrected chi connectivity index (χ1v) is 7.29. The lowest BCUT2D eigenvalue weighted by Gasteiger charge is -2.02. The second-order valence-corrected chi connectivity index (χ2v) is 5.99. The molecule has 0 saturated carbocycles. The van der Waals surface area contributed by atoms with Crippen LogP contribution in [0, 0.1) is 10.9 Å². The SMILES string of the molecule is CC(=NNC(=O)c1ccccc1)c1sc(=S)n(C)c1C. The van der Waals surface area contributed by atoms with Crippen molar-refractivity contribution in [2.45, 2.75) is 13.8 Å². The highest BCUT2D eigenvalue weighted by Crippen LogP contribution is 2.18. The largest absolute Gasteiger partial charge is 0.330 e. The maximum atomic E-state index is 11.9. The monoisotopic (exact) mass is 305 g/mol. The molecule has 1 heterocycles. The number of thiazole rings is 1. The number of nitrogens with zero attached hydrogens (tertiary/aromatic N) is 2. The molecular formula is C14H15N3OS2. The fourth-order valence-electron chi connectivity index (χ4n) is 1.69. The van der Waals surface area contributed by atoms with E-state index in [0.717, 1.165) is 20.2 Å². The van der Waals surface area contributed by atoms with Crippen molar-refractivity contribution in [3.8, 4) is 0 Å². The van der Waals surface area contributed by atoms with E-state index in [1.54, 1.807) is 12.1 Å². The molecule has 0 aliphatic carbocycles. The van der Waals surface area contributed by atoms with E-state index in [1.165, 1.54) is 11.3 Å². The quantitative estimate of drug-likeness (QED) is 0.537. The Bertz CT molecular complexity index is 714. The van der Waals surface area contributed by atoms with Gasteiger partial charge in [-0.2, -0.15) is 5.10 Å². The highest BCUT2D eigenvalue weighted by atomic mass is 32.1. The molecule has 2 rings (SSSR count). The Morgan fingerprint density at radius 3 is 2.55 bits per heavy atom. The van der Waals surface area contributed by atoms with E-state index in [-0.39, 0.29) is 5.91 Å². The summed E-state index contributed by atoms with van der Waals surface area (Å²) >= 11 is 6.72. The van der Waals surface area contributed by atoms with E-state index in [9.17, 15) is 4.79 Å². The predicted molar refractivity (Wildman–Crippen MR) is 85.0 cm³/mol. The molecule has 0 unspecified atom stereocenters. The third-order valence-electron chi connectivity index (χ3n) is 2.98. The average molecular weight is 305 g/mol. The minimum Gasteiger partial charge on any atom is -0.330 e. The molecule has 0 fully saturated rings. The van der Waals surface area contributed by atoms with Crippen LogP contribution in [0.3, 0.4) is 0 Å². The van der Waals surface area contributed by atoms with Gasteiger partial charge in [-0.3, -0.25) is 4.79 Å². The van der Waals surface area contributed by atoms with Crippen molar-refractivity contribution in [1.29, 1.82) is 0 Å². The summed E-state index contributed by atoms with van der Waals surface area (Å²) in [6, 6.07) is 9.00. The van der Waals surface area contributed by atoms with Crippen molar-refractivity contribution in [3.05, 3.63) is 50.4 Å². The van der Waals surface area contributed by atoms with Gasteiger partial charge in [0.2, 0.25) is 0 Å². The van der Waals surface area contributed by atoms with Crippen molar-refractivity contribution in [3.63, 3.8) is 0 Å². The summed E-state index contributed by atoms with van der Waals surface area (Å²) in [7, 11) is 1.92. The van der Waals surface area contributed by atoms with Gasteiger partial charge in [0.25, 0.3) is 5.91 Å². The minimum absolute atomic E-state index is 0.220. The van der Waals surface area contributed by atoms with Crippen LogP contribution in [0.1, 0.15) is 27.9 Å². The second-order valence-electron chi connectivity index (χ2n) is 4.35. The van der Waals surface area contributed by atoms with E-state index in [4.69, 9.17) is 12.2 Å². The lowest BCUT2D eigenvalue weighted by molar-refractivity contribution is 0.0955. The van der Waals surface area contributed by atoms with Crippen LogP contribution in [0.25, 0.3) is 0 Å². The Morgan fingerprint density at radius 1 is 1.35 bits per heavy atom. The average Bonchev–Trinajstić information content (AvgIpc) is 2.73. The van der Waals surface area contributed by atoms with Crippen molar-refractivity contribution < 1.29 is 4.79 Å². The number of amides is 1. The molecule has 6 heteroatoms. The second kappa shape index (κ2) is 6.11. The molecular weight excluding hydrogens is 290 g/mol. The fourth-order valence-corrected chi connectivity index (χ4v) is 3.01. The molecule has 104 valence electrons. The van der Waals surface area contributed by atoms with E-state index in [0.29, 0.717) is 5.56 Å². The lowest BCUT2D eigenvalue weighted by Crippen LogP contribution is -2.19. The normalized spacial score (nSPS) is 11.4. The van der Waals surface area contributed by atoms with Gasteiger partial charge in [0.1, 0.15) is 0 Å². The number of benzene rings is 1. The maximum absolute atomic E-state index is 11.9. The number of rotatable bonds is 3. The Morgan fingerprint density at radius 2 is 2.00 bits per heavy atom. The molecule has 1 N–H and O–H groups in total. The zero-order valence-corrected chi connectivity index (χ0v) is 13.1. The summed E-state index contributed by atoms with van der Waals surface area (Å²) in [6.45, 7) is 3.85. The molecule has 2 aromatic rings. The van der Waals surface area contributed by atoms with Crippen LogP contribution in [-0.2, 0) is 7.05 Å². The Labute approximate surface area is 126 Å². The van der Waals surface area contributed by atoms with Crippen LogP contribution in [0.2, 0.25) is 0 Å². The van der Waals surface area contributed by atoms with Crippen molar-refractivity contribution in [2.75, 3.05) is 0 Å². The minimum atomic E-state index is -0.220. The van der Waals surface area contributed by atoms with Gasteiger partial charge in [0, 0.05) is 18.3 Å². The summed E-state index contributed by atoms with van der Waals surface area (Å²) in [5, 5.41) is 4.15. The van der Waals surface area contributed by atoms with Crippen molar-refractivity contribution >= 4 is 35.2 Å². The molecule has 0 saturated heterocycles. The number of carbonyl (C=O) groups excluding carboxylic acids is 1. The van der Waals surface area contributed by atoms with Gasteiger partial charge in [0.05, 0.1) is 10.6 Å². The zero-order valence-electron chi connectivity index (χ0n) is 11.5. The molecule has 0 atom stereocenters. The fraction of sp³-hybridized carbons (Fsp3) is 0.214. The number of hydrazone groups is 1. The van der Waals surface area contributed by atoms with E-state index < -0.39 is 0 Å². The van der Waals surface area contributed by atoms with E-state index in [1.807, 2.05) is 43.7 Å². The number of nitrogens with one attached hydrogen (secondary N) is 1. The molecule has 0 aliphatic heterocycles. The molecule has 0 spiro atoms. The molecule has 1 aromatic carbocycles. The van der Waals surface area contributed by atoms with Crippen LogP contribution in [0.15, 0.2) is 35.4 Å². The molecule has 0 aliphatic rings. The number of hydrogen-bond donors (Lipinski definition) is 1. The first-order chi connectivity index (χ1) is 9.50. The predicted octanol–water partition coefficient (Wildman–Crippen LogP) is 3.28. The van der Waals surface area contributed by atoms with Crippen LogP contribution in [0.5, 0.6) is 0 Å². The highest BCUT2D eigenvalue weighted by molar-refractivity contribution is 7.73. The molecule has 1 aromatic heterocycles. The maximum Gasteiger partial charge on any atom is 0.271 e. The Balaban J connectivity index is 2.17. The van der Waals surface area contributed by atoms with Gasteiger partial charge in [-0.05, 0) is 38.2 Å². The zero-order chi connectivity index (χ0) is 14.7.